The number of nitrogens with zero attached hydrogens (tertiary/aromatic N) is 1. The number of aliphatic hydroxyl groups excluding tert-OH is 1. The smallest absolute Gasteiger partial charge is 0.195 e. The number of carbonyl (C=O) groups is 1. The number of hydrogen-bond donors (Lipinski definition) is 2. The highest BCUT2D eigenvalue weighted by atomic mass is 16.2. The third-order valence-corrected chi connectivity index (χ3v) is 2.33. The fraction of sp³-hybridized carbons (Fsp3) is 0.333. The van der Waals surface area contributed by atoms with E-state index >= 15 is 0 Å². The number of hydrogen-bond acceptors (Lipinski definition) is 3. The van der Waals surface area contributed by atoms with Crippen LogP contribution in [-0.4, -0.2) is 21.1 Å². The number of aryl methyl sites for hydroxylation is 2. The lowest BCUT2D eigenvalue weighted by Crippen LogP contribution is -2.13. The first-order valence-corrected chi connectivity index (χ1v) is 4.16. The fourth-order valence-electron chi connectivity index (χ4n) is 1.61. The number of aromatic amines is 1. The number of H-pyrrole nitrogens is 1. The van der Waals surface area contributed by atoms with Crippen LogP contribution >= 0.6 is 0 Å². The van der Waals surface area contributed by atoms with Gasteiger partial charge in [-0.1, -0.05) is 0 Å². The molecule has 0 saturated heterocycles. The van der Waals surface area contributed by atoms with Crippen molar-refractivity contribution < 1.29 is 9.90 Å². The number of allylic oxidation sites excluding steroid dienone is 1. The van der Waals surface area contributed by atoms with E-state index in [0.717, 1.165) is 24.1 Å². The average Bonchev–Trinajstić information content (AvgIpc) is 2.49. The first kappa shape index (κ1) is 8.04. The lowest BCUT2D eigenvalue weighted by Gasteiger charge is -2.11. The van der Waals surface area contributed by atoms with E-state index in [1.54, 1.807) is 0 Å². The van der Waals surface area contributed by atoms with Crippen molar-refractivity contribution >= 4 is 5.78 Å². The summed E-state index contributed by atoms with van der Waals surface area (Å²) in [6, 6.07) is 0. The van der Waals surface area contributed by atoms with Crippen molar-refractivity contribution in [2.75, 3.05) is 0 Å². The Kier molecular flexibility index (Phi) is 1.69. The van der Waals surface area contributed by atoms with Gasteiger partial charge in [-0.3, -0.25) is 9.89 Å². The molecule has 4 nitrogen and oxygen atoms in total. The molecule has 1 aromatic heterocycles. The summed E-state index contributed by atoms with van der Waals surface area (Å²) >= 11 is 0. The molecular formula is C9H10N2O2. The quantitative estimate of drug-likeness (QED) is 0.464. The van der Waals surface area contributed by atoms with Gasteiger partial charge in [-0.15, -0.1) is 0 Å². The molecular weight excluding hydrogens is 168 g/mol. The first-order valence-electron chi connectivity index (χ1n) is 4.16. The SMILES string of the molecule is Cc1[nH]nc2c1C(=O)/C(=C/O)CC2. The maximum absolute atomic E-state index is 11.6. The Hall–Kier alpha value is -1.58. The minimum Gasteiger partial charge on any atom is -0.515 e. The number of nitrogens with one attached hydrogen (secondary N) is 1. The Morgan fingerprint density at radius 3 is 3.00 bits per heavy atom. The second-order valence-corrected chi connectivity index (χ2v) is 3.15. The zero-order valence-electron chi connectivity index (χ0n) is 7.29. The van der Waals surface area contributed by atoms with Crippen LogP contribution < -0.4 is 0 Å². The van der Waals surface area contributed by atoms with Crippen LogP contribution in [0.2, 0.25) is 0 Å². The van der Waals surface area contributed by atoms with Crippen molar-refractivity contribution in [1.29, 1.82) is 0 Å². The monoisotopic (exact) mass is 178 g/mol. The third kappa shape index (κ3) is 1.06. The standard InChI is InChI=1S/C9H10N2O2/c1-5-8-7(11-10-5)3-2-6(4-12)9(8)13/h4,12H,2-3H2,1H3,(H,10,11)/b6-4+. The topological polar surface area (TPSA) is 66.0 Å². The molecule has 0 radical (unpaired) electrons. The van der Waals surface area contributed by atoms with Gasteiger partial charge < -0.3 is 5.11 Å². The van der Waals surface area contributed by atoms with Gasteiger partial charge >= 0.3 is 0 Å². The second kappa shape index (κ2) is 2.73. The minimum atomic E-state index is -0.102. The molecule has 13 heavy (non-hydrogen) atoms. The number of fused-ring (bicyclic) bond motifs is 1. The molecule has 2 N–H and O–H groups in total. The van der Waals surface area contributed by atoms with Gasteiger partial charge in [0.1, 0.15) is 0 Å². The number of rotatable bonds is 0. The molecule has 1 aromatic rings. The van der Waals surface area contributed by atoms with Crippen LogP contribution in [0.25, 0.3) is 0 Å². The Labute approximate surface area is 75.3 Å². The van der Waals surface area contributed by atoms with Crippen LogP contribution in [0.1, 0.15) is 28.2 Å². The van der Waals surface area contributed by atoms with Crippen molar-refractivity contribution in [3.63, 3.8) is 0 Å². The van der Waals surface area contributed by atoms with Gasteiger partial charge in [-0.05, 0) is 19.8 Å². The van der Waals surface area contributed by atoms with Gasteiger partial charge in [0, 0.05) is 11.3 Å². The van der Waals surface area contributed by atoms with E-state index in [2.05, 4.69) is 10.2 Å². The molecule has 68 valence electrons. The van der Waals surface area contributed by atoms with Crippen LogP contribution in [0, 0.1) is 6.92 Å². The highest BCUT2D eigenvalue weighted by Gasteiger charge is 2.26. The fourth-order valence-corrected chi connectivity index (χ4v) is 1.61. The van der Waals surface area contributed by atoms with Crippen molar-refractivity contribution in [2.24, 2.45) is 0 Å². The molecule has 4 heteroatoms. The Morgan fingerprint density at radius 2 is 2.31 bits per heavy atom. The van der Waals surface area contributed by atoms with Crippen LogP contribution in [-0.2, 0) is 6.42 Å². The summed E-state index contributed by atoms with van der Waals surface area (Å²) in [5.74, 6) is -0.102. The van der Waals surface area contributed by atoms with Gasteiger partial charge in [0.2, 0.25) is 0 Å². The molecule has 0 bridgehead atoms. The van der Waals surface area contributed by atoms with Crippen molar-refractivity contribution in [3.8, 4) is 0 Å². The number of aromatic nitrogens is 2. The Morgan fingerprint density at radius 1 is 1.54 bits per heavy atom. The number of ketones is 1. The Bertz CT molecular complexity index is 390. The molecule has 0 fully saturated rings. The molecule has 0 aromatic carbocycles. The molecule has 0 atom stereocenters. The summed E-state index contributed by atoms with van der Waals surface area (Å²) in [5, 5.41) is 15.6. The van der Waals surface area contributed by atoms with Crippen LogP contribution in [0.5, 0.6) is 0 Å². The van der Waals surface area contributed by atoms with Gasteiger partial charge in [0.05, 0.1) is 17.5 Å². The lowest BCUT2D eigenvalue weighted by atomic mass is 9.91. The molecule has 0 unspecified atom stereocenters. The molecule has 0 spiro atoms. The van der Waals surface area contributed by atoms with E-state index in [4.69, 9.17) is 5.11 Å². The maximum Gasteiger partial charge on any atom is 0.195 e. The van der Waals surface area contributed by atoms with E-state index in [0.29, 0.717) is 17.6 Å². The summed E-state index contributed by atoms with van der Waals surface area (Å²) in [6.45, 7) is 1.81. The van der Waals surface area contributed by atoms with Gasteiger partial charge in [-0.25, -0.2) is 0 Å². The van der Waals surface area contributed by atoms with E-state index < -0.39 is 0 Å². The molecule has 1 aliphatic rings. The predicted octanol–water partition coefficient (Wildman–Crippen LogP) is 1.29. The first-order chi connectivity index (χ1) is 6.24. The number of Topliss-reactive ketones (excluding diaryl/α,β-unsaturated/α-hetero) is 1. The summed E-state index contributed by atoms with van der Waals surface area (Å²) in [4.78, 5) is 11.6. The van der Waals surface area contributed by atoms with Crippen LogP contribution in [0.3, 0.4) is 0 Å². The summed E-state index contributed by atoms with van der Waals surface area (Å²) in [7, 11) is 0. The van der Waals surface area contributed by atoms with Gasteiger partial charge in [-0.2, -0.15) is 5.10 Å². The van der Waals surface area contributed by atoms with E-state index in [1.807, 2.05) is 6.92 Å². The summed E-state index contributed by atoms with van der Waals surface area (Å²) < 4.78 is 0. The predicted molar refractivity (Wildman–Crippen MR) is 46.7 cm³/mol. The maximum atomic E-state index is 11.6. The molecule has 0 amide bonds. The van der Waals surface area contributed by atoms with E-state index in [-0.39, 0.29) is 5.78 Å². The van der Waals surface area contributed by atoms with E-state index in [1.165, 1.54) is 0 Å². The molecule has 1 heterocycles. The average molecular weight is 178 g/mol. The van der Waals surface area contributed by atoms with Crippen LogP contribution in [0.4, 0.5) is 0 Å². The van der Waals surface area contributed by atoms with Crippen molar-refractivity contribution in [3.05, 3.63) is 28.8 Å². The zero-order chi connectivity index (χ0) is 9.42. The van der Waals surface area contributed by atoms with Gasteiger partial charge in [0.15, 0.2) is 5.78 Å². The van der Waals surface area contributed by atoms with E-state index in [9.17, 15) is 4.79 Å². The number of carbonyl (C=O) groups excluding carboxylic acids is 1. The molecule has 0 saturated carbocycles. The Balaban J connectivity index is 2.55. The van der Waals surface area contributed by atoms with Gasteiger partial charge in [0.25, 0.3) is 0 Å². The summed E-state index contributed by atoms with van der Waals surface area (Å²) in [5.41, 5.74) is 2.69. The highest BCUT2D eigenvalue weighted by Crippen LogP contribution is 2.24. The minimum absolute atomic E-state index is 0.102. The highest BCUT2D eigenvalue weighted by molar-refractivity contribution is 6.10. The number of aliphatic hydroxyl groups is 1. The molecule has 2 rings (SSSR count). The zero-order valence-corrected chi connectivity index (χ0v) is 7.29. The van der Waals surface area contributed by atoms with Crippen LogP contribution in [0.15, 0.2) is 11.8 Å². The molecule has 0 aliphatic heterocycles. The van der Waals surface area contributed by atoms with Crippen molar-refractivity contribution in [1.82, 2.24) is 10.2 Å². The molecule has 1 aliphatic carbocycles. The normalized spacial score (nSPS) is 19.2. The lowest BCUT2D eigenvalue weighted by molar-refractivity contribution is 0.102. The summed E-state index contributed by atoms with van der Waals surface area (Å²) in [6.07, 6.45) is 2.20. The second-order valence-electron chi connectivity index (χ2n) is 3.15. The van der Waals surface area contributed by atoms with Crippen molar-refractivity contribution in [2.45, 2.75) is 19.8 Å². The third-order valence-electron chi connectivity index (χ3n) is 2.33. The largest absolute Gasteiger partial charge is 0.515 e.